The molecule has 0 spiro atoms. The molecule has 7 heteroatoms. The van der Waals surface area contributed by atoms with E-state index in [1.54, 1.807) is 62.0 Å². The molecule has 2 aliphatic rings. The summed E-state index contributed by atoms with van der Waals surface area (Å²) < 4.78 is 21.9. The normalized spacial score (nSPS) is 18.9. The van der Waals surface area contributed by atoms with Gasteiger partial charge in [0.2, 0.25) is 6.79 Å². The van der Waals surface area contributed by atoms with E-state index in [1.165, 1.54) is 0 Å². The molecule has 1 unspecified atom stereocenters. The quantitative estimate of drug-likeness (QED) is 0.462. The predicted molar refractivity (Wildman–Crippen MR) is 124 cm³/mol. The number of cyclic esters (lactones) is 1. The first-order chi connectivity index (χ1) is 16.6. The highest BCUT2D eigenvalue weighted by Crippen LogP contribution is 2.50. The van der Waals surface area contributed by atoms with Gasteiger partial charge in [0.05, 0.1) is 18.3 Å². The van der Waals surface area contributed by atoms with E-state index in [9.17, 15) is 9.90 Å². The second-order valence-corrected chi connectivity index (χ2v) is 7.99. The van der Waals surface area contributed by atoms with Crippen molar-refractivity contribution in [3.63, 3.8) is 0 Å². The number of aromatic nitrogens is 1. The van der Waals surface area contributed by atoms with Crippen molar-refractivity contribution < 1.29 is 28.8 Å². The first-order valence-electron chi connectivity index (χ1n) is 10.7. The summed E-state index contributed by atoms with van der Waals surface area (Å²) in [5, 5.41) is 13.7. The lowest BCUT2D eigenvalue weighted by Gasteiger charge is -2.26. The number of rotatable bonds is 4. The highest BCUT2D eigenvalue weighted by Gasteiger charge is 2.49. The summed E-state index contributed by atoms with van der Waals surface area (Å²) in [5.41, 5.74) is 2.07. The highest BCUT2D eigenvalue weighted by atomic mass is 16.7. The van der Waals surface area contributed by atoms with Crippen LogP contribution in [-0.2, 0) is 15.3 Å². The van der Waals surface area contributed by atoms with Gasteiger partial charge >= 0.3 is 5.97 Å². The molecule has 3 heterocycles. The van der Waals surface area contributed by atoms with Crippen molar-refractivity contribution >= 4 is 27.9 Å². The first kappa shape index (κ1) is 20.3. The number of esters is 1. The van der Waals surface area contributed by atoms with Crippen molar-refractivity contribution in [2.75, 3.05) is 13.9 Å². The van der Waals surface area contributed by atoms with Crippen LogP contribution in [0.4, 0.5) is 0 Å². The Kier molecular flexibility index (Phi) is 4.53. The number of pyridine rings is 1. The number of nitrogens with zero attached hydrogens (tertiary/aromatic N) is 1. The minimum atomic E-state index is -2.04. The van der Waals surface area contributed by atoms with E-state index < -0.39 is 11.8 Å². The molecule has 1 aromatic heterocycles. The van der Waals surface area contributed by atoms with Crippen LogP contribution in [0.25, 0.3) is 21.9 Å². The Labute approximate surface area is 194 Å². The van der Waals surface area contributed by atoms with Gasteiger partial charge in [-0.25, -0.2) is 4.79 Å². The standard InChI is InChI=1S/C27H19NO6/c1-31-19-9-7-18(8-10-19)27(30)25(21-14-28-13-17-4-2-3-5-20(17)21)24(26(29)34-27)16-6-11-22-23(12-16)33-15-32-22/h2-14,30H,15H2,1H3. The largest absolute Gasteiger partial charge is 0.497 e. The fraction of sp³-hybridized carbons (Fsp3) is 0.111. The Hall–Kier alpha value is -4.36. The van der Waals surface area contributed by atoms with E-state index in [0.29, 0.717) is 39.5 Å². The van der Waals surface area contributed by atoms with Gasteiger partial charge < -0.3 is 24.1 Å². The smallest absolute Gasteiger partial charge is 0.342 e. The fourth-order valence-electron chi connectivity index (χ4n) is 4.48. The molecular weight excluding hydrogens is 434 g/mol. The van der Waals surface area contributed by atoms with Crippen LogP contribution in [0.15, 0.2) is 79.1 Å². The fourth-order valence-corrected chi connectivity index (χ4v) is 4.48. The van der Waals surface area contributed by atoms with Gasteiger partial charge in [0, 0.05) is 28.9 Å². The van der Waals surface area contributed by atoms with Crippen molar-refractivity contribution in [3.8, 4) is 17.2 Å². The van der Waals surface area contributed by atoms with Gasteiger partial charge in [-0.2, -0.15) is 0 Å². The second kappa shape index (κ2) is 7.60. The molecule has 3 aromatic carbocycles. The Morgan fingerprint density at radius 2 is 1.76 bits per heavy atom. The summed E-state index contributed by atoms with van der Waals surface area (Å²) >= 11 is 0. The van der Waals surface area contributed by atoms with Gasteiger partial charge in [-0.3, -0.25) is 4.98 Å². The van der Waals surface area contributed by atoms with Crippen molar-refractivity contribution in [3.05, 3.63) is 95.8 Å². The summed E-state index contributed by atoms with van der Waals surface area (Å²) in [4.78, 5) is 17.7. The van der Waals surface area contributed by atoms with E-state index >= 15 is 0 Å². The molecule has 4 aromatic rings. The third-order valence-corrected chi connectivity index (χ3v) is 6.11. The molecule has 1 atom stereocenters. The summed E-state index contributed by atoms with van der Waals surface area (Å²) in [5.74, 6) is -0.964. The van der Waals surface area contributed by atoms with Crippen LogP contribution < -0.4 is 14.2 Å². The van der Waals surface area contributed by atoms with Gasteiger partial charge in [-0.05, 0) is 47.3 Å². The number of benzene rings is 3. The maximum Gasteiger partial charge on any atom is 0.342 e. The van der Waals surface area contributed by atoms with E-state index in [1.807, 2.05) is 24.3 Å². The molecule has 0 aliphatic carbocycles. The lowest BCUT2D eigenvalue weighted by molar-refractivity contribution is -0.177. The lowest BCUT2D eigenvalue weighted by atomic mass is 9.86. The van der Waals surface area contributed by atoms with Crippen LogP contribution in [-0.4, -0.2) is 30.0 Å². The number of carbonyl (C=O) groups excluding carboxylic acids is 1. The maximum atomic E-state index is 13.3. The van der Waals surface area contributed by atoms with Crippen LogP contribution in [0.5, 0.6) is 17.2 Å². The van der Waals surface area contributed by atoms with Crippen LogP contribution >= 0.6 is 0 Å². The molecule has 2 aliphatic heterocycles. The molecule has 0 fully saturated rings. The zero-order valence-electron chi connectivity index (χ0n) is 18.1. The summed E-state index contributed by atoms with van der Waals surface area (Å²) in [6.45, 7) is 0.109. The van der Waals surface area contributed by atoms with E-state index in [2.05, 4.69) is 4.98 Å². The van der Waals surface area contributed by atoms with E-state index in [0.717, 1.165) is 10.8 Å². The van der Waals surface area contributed by atoms with Crippen molar-refractivity contribution in [1.82, 2.24) is 4.98 Å². The Morgan fingerprint density at radius 1 is 0.971 bits per heavy atom. The number of aliphatic hydroxyl groups is 1. The number of hydrogen-bond acceptors (Lipinski definition) is 7. The SMILES string of the molecule is COc1ccc(C2(O)OC(=O)C(c3ccc4c(c3)OCO4)=C2c2cncc3ccccc23)cc1. The average Bonchev–Trinajstić information content (AvgIpc) is 3.45. The number of fused-ring (bicyclic) bond motifs is 2. The molecule has 0 radical (unpaired) electrons. The zero-order valence-corrected chi connectivity index (χ0v) is 18.1. The molecule has 0 bridgehead atoms. The molecule has 34 heavy (non-hydrogen) atoms. The van der Waals surface area contributed by atoms with Crippen molar-refractivity contribution in [2.45, 2.75) is 5.79 Å². The average molecular weight is 453 g/mol. The molecule has 0 saturated carbocycles. The third-order valence-electron chi connectivity index (χ3n) is 6.11. The molecule has 168 valence electrons. The Balaban J connectivity index is 1.65. The molecule has 0 saturated heterocycles. The topological polar surface area (TPSA) is 87.1 Å². The highest BCUT2D eigenvalue weighted by molar-refractivity contribution is 6.29. The molecule has 1 N–H and O–H groups in total. The summed E-state index contributed by atoms with van der Waals surface area (Å²) in [6, 6.07) is 19.6. The monoisotopic (exact) mass is 453 g/mol. The zero-order chi connectivity index (χ0) is 23.3. The van der Waals surface area contributed by atoms with Crippen LogP contribution in [0, 0.1) is 0 Å². The minimum Gasteiger partial charge on any atom is -0.497 e. The van der Waals surface area contributed by atoms with Gasteiger partial charge in [0.1, 0.15) is 5.75 Å². The van der Waals surface area contributed by atoms with Crippen LogP contribution in [0.3, 0.4) is 0 Å². The number of ether oxygens (including phenoxy) is 4. The first-order valence-corrected chi connectivity index (χ1v) is 10.7. The second-order valence-electron chi connectivity index (χ2n) is 7.99. The van der Waals surface area contributed by atoms with Crippen molar-refractivity contribution in [2.24, 2.45) is 0 Å². The number of methoxy groups -OCH3 is 1. The van der Waals surface area contributed by atoms with Crippen LogP contribution in [0.2, 0.25) is 0 Å². The summed E-state index contributed by atoms with van der Waals surface area (Å²) in [6.07, 6.45) is 3.38. The third kappa shape index (κ3) is 3.02. The van der Waals surface area contributed by atoms with Crippen molar-refractivity contribution in [1.29, 1.82) is 0 Å². The Bertz CT molecular complexity index is 1470. The summed E-state index contributed by atoms with van der Waals surface area (Å²) in [7, 11) is 1.56. The number of carbonyl (C=O) groups is 1. The number of hydrogen-bond donors (Lipinski definition) is 1. The van der Waals surface area contributed by atoms with Gasteiger partial charge in [0.25, 0.3) is 5.79 Å². The van der Waals surface area contributed by atoms with E-state index in [4.69, 9.17) is 18.9 Å². The predicted octanol–water partition coefficient (Wildman–Crippen LogP) is 4.29. The van der Waals surface area contributed by atoms with Gasteiger partial charge in [-0.1, -0.05) is 30.3 Å². The van der Waals surface area contributed by atoms with E-state index in [-0.39, 0.29) is 12.4 Å². The van der Waals surface area contributed by atoms with Gasteiger partial charge in [0.15, 0.2) is 11.5 Å². The lowest BCUT2D eigenvalue weighted by Crippen LogP contribution is -2.28. The minimum absolute atomic E-state index is 0.109. The molecule has 6 rings (SSSR count). The molecule has 7 nitrogen and oxygen atoms in total. The van der Waals surface area contributed by atoms with Crippen LogP contribution in [0.1, 0.15) is 16.7 Å². The molecular formula is C27H19NO6. The Morgan fingerprint density at radius 3 is 2.59 bits per heavy atom. The van der Waals surface area contributed by atoms with Gasteiger partial charge in [-0.15, -0.1) is 0 Å². The molecule has 0 amide bonds. The maximum absolute atomic E-state index is 13.3.